The van der Waals surface area contributed by atoms with Crippen LogP contribution in [-0.4, -0.2) is 23.5 Å². The molecule has 0 aromatic carbocycles. The molecule has 0 radical (unpaired) electrons. The van der Waals surface area contributed by atoms with Crippen molar-refractivity contribution in [3.63, 3.8) is 0 Å². The molecule has 0 aliphatic heterocycles. The number of amides is 1. The van der Waals surface area contributed by atoms with Crippen LogP contribution in [-0.2, 0) is 0 Å². The van der Waals surface area contributed by atoms with Gasteiger partial charge in [-0.05, 0) is 6.07 Å². The van der Waals surface area contributed by atoms with E-state index in [1.54, 1.807) is 0 Å². The molecule has 0 aliphatic carbocycles. The minimum Gasteiger partial charge on any atom is -0.298 e. The Bertz CT molecular complexity index is 389. The summed E-state index contributed by atoms with van der Waals surface area (Å²) in [5.74, 6) is 4.25. The number of hydrazine groups is 1. The van der Waals surface area contributed by atoms with Crippen molar-refractivity contribution in [2.24, 2.45) is 5.84 Å². The van der Waals surface area contributed by atoms with E-state index in [4.69, 9.17) is 5.84 Å². The SMILES string of the molecule is NNC(=O)c1ccnc(C=O)c1C=O. The molecule has 14 heavy (non-hydrogen) atoms. The normalized spacial score (nSPS) is 9.21. The van der Waals surface area contributed by atoms with E-state index >= 15 is 0 Å². The first-order valence-corrected chi connectivity index (χ1v) is 3.65. The number of nitrogens with one attached hydrogen (secondary N) is 1. The molecule has 1 rings (SSSR count). The van der Waals surface area contributed by atoms with E-state index in [1.165, 1.54) is 12.3 Å². The first kappa shape index (κ1) is 10.0. The molecule has 1 heterocycles. The molecule has 6 heteroatoms. The summed E-state index contributed by atoms with van der Waals surface area (Å²) in [6, 6.07) is 1.30. The van der Waals surface area contributed by atoms with E-state index in [1.807, 2.05) is 5.43 Å². The first-order chi connectivity index (χ1) is 6.74. The van der Waals surface area contributed by atoms with E-state index in [0.29, 0.717) is 12.6 Å². The molecule has 6 nitrogen and oxygen atoms in total. The Morgan fingerprint density at radius 2 is 2.14 bits per heavy atom. The number of nitrogens with two attached hydrogens (primary N) is 1. The third kappa shape index (κ3) is 1.64. The molecule has 0 unspecified atom stereocenters. The second-order valence-corrected chi connectivity index (χ2v) is 2.37. The second kappa shape index (κ2) is 4.24. The lowest BCUT2D eigenvalue weighted by Gasteiger charge is -2.03. The third-order valence-electron chi connectivity index (χ3n) is 1.63. The van der Waals surface area contributed by atoms with Crippen molar-refractivity contribution in [2.75, 3.05) is 0 Å². The lowest BCUT2D eigenvalue weighted by molar-refractivity contribution is 0.0948. The zero-order valence-corrected chi connectivity index (χ0v) is 7.06. The molecule has 1 aromatic heterocycles. The Labute approximate surface area is 79.1 Å². The fourth-order valence-electron chi connectivity index (χ4n) is 0.983. The van der Waals surface area contributed by atoms with Crippen LogP contribution >= 0.6 is 0 Å². The van der Waals surface area contributed by atoms with Crippen LogP contribution in [0, 0.1) is 0 Å². The molecule has 0 atom stereocenters. The van der Waals surface area contributed by atoms with Crippen LogP contribution in [0.2, 0.25) is 0 Å². The summed E-state index contributed by atoms with van der Waals surface area (Å²) in [4.78, 5) is 35.8. The van der Waals surface area contributed by atoms with Crippen molar-refractivity contribution >= 4 is 18.5 Å². The van der Waals surface area contributed by atoms with Gasteiger partial charge in [0.1, 0.15) is 5.69 Å². The molecular weight excluding hydrogens is 186 g/mol. The number of carbonyl (C=O) groups is 3. The van der Waals surface area contributed by atoms with E-state index < -0.39 is 5.91 Å². The van der Waals surface area contributed by atoms with Crippen LogP contribution < -0.4 is 11.3 Å². The molecule has 1 aromatic rings. The van der Waals surface area contributed by atoms with Crippen molar-refractivity contribution in [1.29, 1.82) is 0 Å². The molecule has 3 N–H and O–H groups in total. The van der Waals surface area contributed by atoms with Gasteiger partial charge in [-0.25, -0.2) is 5.84 Å². The smallest absolute Gasteiger partial charge is 0.266 e. The highest BCUT2D eigenvalue weighted by atomic mass is 16.2. The molecule has 1 amide bonds. The van der Waals surface area contributed by atoms with Gasteiger partial charge in [0, 0.05) is 6.20 Å². The molecule has 0 aliphatic rings. The summed E-state index contributed by atoms with van der Waals surface area (Å²) in [5, 5.41) is 0. The minimum absolute atomic E-state index is 0.0274. The Morgan fingerprint density at radius 1 is 1.43 bits per heavy atom. The van der Waals surface area contributed by atoms with Gasteiger partial charge in [0.2, 0.25) is 0 Å². The Hall–Kier alpha value is -2.08. The fourth-order valence-corrected chi connectivity index (χ4v) is 0.983. The lowest BCUT2D eigenvalue weighted by Crippen LogP contribution is -2.31. The quantitative estimate of drug-likeness (QED) is 0.286. The van der Waals surface area contributed by atoms with Crippen LogP contribution in [0.1, 0.15) is 31.2 Å². The maximum atomic E-state index is 11.1. The zero-order valence-electron chi connectivity index (χ0n) is 7.06. The van der Waals surface area contributed by atoms with Gasteiger partial charge in [-0.2, -0.15) is 0 Å². The van der Waals surface area contributed by atoms with Gasteiger partial charge in [0.25, 0.3) is 5.91 Å². The number of hydrogen-bond acceptors (Lipinski definition) is 5. The maximum absolute atomic E-state index is 11.1. The van der Waals surface area contributed by atoms with Crippen LogP contribution in [0.5, 0.6) is 0 Å². The monoisotopic (exact) mass is 193 g/mol. The van der Waals surface area contributed by atoms with E-state index in [-0.39, 0.29) is 16.8 Å². The summed E-state index contributed by atoms with van der Waals surface area (Å²) in [7, 11) is 0. The van der Waals surface area contributed by atoms with E-state index in [0.717, 1.165) is 0 Å². The number of rotatable bonds is 3. The molecule has 0 saturated heterocycles. The maximum Gasteiger partial charge on any atom is 0.266 e. The van der Waals surface area contributed by atoms with Crippen molar-refractivity contribution in [3.8, 4) is 0 Å². The first-order valence-electron chi connectivity index (χ1n) is 3.65. The average Bonchev–Trinajstić information content (AvgIpc) is 2.26. The van der Waals surface area contributed by atoms with Crippen molar-refractivity contribution in [3.05, 3.63) is 29.1 Å². The number of hydrogen-bond donors (Lipinski definition) is 2. The zero-order chi connectivity index (χ0) is 10.6. The van der Waals surface area contributed by atoms with E-state index in [2.05, 4.69) is 4.98 Å². The molecule has 0 saturated carbocycles. The van der Waals surface area contributed by atoms with Crippen LogP contribution in [0.3, 0.4) is 0 Å². The van der Waals surface area contributed by atoms with Crippen molar-refractivity contribution in [1.82, 2.24) is 10.4 Å². The predicted molar refractivity (Wildman–Crippen MR) is 46.7 cm³/mol. The van der Waals surface area contributed by atoms with Gasteiger partial charge in [-0.15, -0.1) is 0 Å². The third-order valence-corrected chi connectivity index (χ3v) is 1.63. The molecule has 0 fully saturated rings. The van der Waals surface area contributed by atoms with Gasteiger partial charge in [-0.1, -0.05) is 0 Å². The molecule has 72 valence electrons. The summed E-state index contributed by atoms with van der Waals surface area (Å²) in [5.41, 5.74) is 1.75. The van der Waals surface area contributed by atoms with Gasteiger partial charge >= 0.3 is 0 Å². The standard InChI is InChI=1S/C8H7N3O3/c9-11-8(14)5-1-2-10-7(4-13)6(5)3-12/h1-4H,9H2,(H,11,14). The van der Waals surface area contributed by atoms with E-state index in [9.17, 15) is 14.4 Å². The highest BCUT2D eigenvalue weighted by molar-refractivity contribution is 6.04. The largest absolute Gasteiger partial charge is 0.298 e. The van der Waals surface area contributed by atoms with Gasteiger partial charge in [0.05, 0.1) is 11.1 Å². The van der Waals surface area contributed by atoms with Gasteiger partial charge in [-0.3, -0.25) is 24.8 Å². The van der Waals surface area contributed by atoms with Crippen LogP contribution in [0.4, 0.5) is 0 Å². The van der Waals surface area contributed by atoms with Gasteiger partial charge in [0.15, 0.2) is 12.6 Å². The van der Waals surface area contributed by atoms with Crippen molar-refractivity contribution in [2.45, 2.75) is 0 Å². The number of aromatic nitrogens is 1. The van der Waals surface area contributed by atoms with Crippen LogP contribution in [0.15, 0.2) is 12.3 Å². The Kier molecular flexibility index (Phi) is 3.03. The van der Waals surface area contributed by atoms with Crippen molar-refractivity contribution < 1.29 is 14.4 Å². The highest BCUT2D eigenvalue weighted by Crippen LogP contribution is 2.07. The summed E-state index contributed by atoms with van der Waals surface area (Å²) in [6.45, 7) is 0. The Morgan fingerprint density at radius 3 is 2.64 bits per heavy atom. The minimum atomic E-state index is -0.641. The topological polar surface area (TPSA) is 102 Å². The number of pyridine rings is 1. The highest BCUT2D eigenvalue weighted by Gasteiger charge is 2.13. The fraction of sp³-hybridized carbons (Fsp3) is 0. The summed E-state index contributed by atoms with van der Waals surface area (Å²) >= 11 is 0. The number of nitrogens with zero attached hydrogens (tertiary/aromatic N) is 1. The lowest BCUT2D eigenvalue weighted by atomic mass is 10.1. The molecule has 0 spiro atoms. The predicted octanol–water partition coefficient (Wildman–Crippen LogP) is -0.690. The average molecular weight is 193 g/mol. The number of aldehydes is 2. The summed E-state index contributed by atoms with van der Waals surface area (Å²) < 4.78 is 0. The Balaban J connectivity index is 3.35. The number of nitrogen functional groups attached to an aromatic ring is 1. The van der Waals surface area contributed by atoms with Gasteiger partial charge < -0.3 is 0 Å². The molecular formula is C8H7N3O3. The molecule has 0 bridgehead atoms. The second-order valence-electron chi connectivity index (χ2n) is 2.37. The van der Waals surface area contributed by atoms with Crippen LogP contribution in [0.25, 0.3) is 0 Å². The summed E-state index contributed by atoms with van der Waals surface area (Å²) in [6.07, 6.45) is 2.04. The number of carbonyl (C=O) groups excluding carboxylic acids is 3.